The number of primary amides is 1. The maximum absolute atomic E-state index is 12.6. The Balaban J connectivity index is 1.90. The van der Waals surface area contributed by atoms with E-state index in [1.54, 1.807) is 31.2 Å². The first kappa shape index (κ1) is 16.1. The summed E-state index contributed by atoms with van der Waals surface area (Å²) in [5, 5.41) is 5.64. The number of nitrogens with zero attached hydrogens (tertiary/aromatic N) is 2. The Morgan fingerprint density at radius 1 is 1.12 bits per heavy atom. The number of hydrazone groups is 1. The molecule has 120 valence electrons. The van der Waals surface area contributed by atoms with Crippen molar-refractivity contribution < 1.29 is 9.59 Å². The lowest BCUT2D eigenvalue weighted by atomic mass is 10.1. The third-order valence-electron chi connectivity index (χ3n) is 3.64. The topological polar surface area (TPSA) is 75.8 Å². The van der Waals surface area contributed by atoms with Crippen LogP contribution in [0.3, 0.4) is 0 Å². The van der Waals surface area contributed by atoms with E-state index in [0.717, 1.165) is 10.0 Å². The largest absolute Gasteiger partial charge is 0.366 e. The van der Waals surface area contributed by atoms with Crippen LogP contribution in [0.4, 0.5) is 5.69 Å². The van der Waals surface area contributed by atoms with Gasteiger partial charge in [-0.05, 0) is 55.0 Å². The predicted octanol–water partition coefficient (Wildman–Crippen LogP) is 3.35. The van der Waals surface area contributed by atoms with Crippen LogP contribution in [0.2, 0.25) is 0 Å². The standard InChI is InChI=1S/C18H14BrN3O2/c1-11-16(10-12-2-6-14(19)7-3-12)18(24)22(21-11)15-8-4-13(5-9-15)17(20)23/h2-10H,1H3,(H2,20,23). The molecule has 2 aromatic rings. The van der Waals surface area contributed by atoms with Gasteiger partial charge in [-0.1, -0.05) is 28.1 Å². The monoisotopic (exact) mass is 383 g/mol. The van der Waals surface area contributed by atoms with Crippen molar-refractivity contribution in [3.8, 4) is 0 Å². The fourth-order valence-electron chi connectivity index (χ4n) is 2.35. The average Bonchev–Trinajstić information content (AvgIpc) is 2.85. The highest BCUT2D eigenvalue weighted by molar-refractivity contribution is 9.10. The van der Waals surface area contributed by atoms with E-state index < -0.39 is 5.91 Å². The number of anilines is 1. The van der Waals surface area contributed by atoms with Crippen LogP contribution in [-0.2, 0) is 4.79 Å². The normalized spacial score (nSPS) is 15.8. The van der Waals surface area contributed by atoms with Crippen LogP contribution in [0.1, 0.15) is 22.8 Å². The van der Waals surface area contributed by atoms with Gasteiger partial charge in [-0.25, -0.2) is 0 Å². The van der Waals surface area contributed by atoms with E-state index in [1.165, 1.54) is 5.01 Å². The van der Waals surface area contributed by atoms with Gasteiger partial charge < -0.3 is 5.73 Å². The molecule has 0 bridgehead atoms. The molecule has 0 aliphatic carbocycles. The maximum Gasteiger partial charge on any atom is 0.280 e. The van der Waals surface area contributed by atoms with Crippen molar-refractivity contribution in [2.24, 2.45) is 10.8 Å². The lowest BCUT2D eigenvalue weighted by Crippen LogP contribution is -2.21. The zero-order valence-electron chi connectivity index (χ0n) is 12.9. The van der Waals surface area contributed by atoms with Gasteiger partial charge in [-0.15, -0.1) is 0 Å². The number of amides is 2. The molecule has 5 nitrogen and oxygen atoms in total. The molecule has 0 spiro atoms. The van der Waals surface area contributed by atoms with Gasteiger partial charge in [-0.2, -0.15) is 10.1 Å². The van der Waals surface area contributed by atoms with E-state index in [9.17, 15) is 9.59 Å². The summed E-state index contributed by atoms with van der Waals surface area (Å²) in [4.78, 5) is 23.8. The maximum atomic E-state index is 12.6. The summed E-state index contributed by atoms with van der Waals surface area (Å²) in [6, 6.07) is 14.1. The number of hydrogen-bond acceptors (Lipinski definition) is 3. The first-order chi connectivity index (χ1) is 11.5. The molecule has 0 unspecified atom stereocenters. The van der Waals surface area contributed by atoms with Crippen molar-refractivity contribution in [2.75, 3.05) is 5.01 Å². The Labute approximate surface area is 147 Å². The Kier molecular flexibility index (Phi) is 4.31. The second-order valence-corrected chi connectivity index (χ2v) is 6.24. The van der Waals surface area contributed by atoms with E-state index in [1.807, 2.05) is 30.3 Å². The average molecular weight is 384 g/mol. The molecule has 3 rings (SSSR count). The molecule has 2 amide bonds. The van der Waals surface area contributed by atoms with E-state index in [4.69, 9.17) is 5.73 Å². The number of benzene rings is 2. The minimum atomic E-state index is -0.509. The first-order valence-electron chi connectivity index (χ1n) is 7.23. The SMILES string of the molecule is CC1=NN(c2ccc(C(N)=O)cc2)C(=O)C1=Cc1ccc(Br)cc1. The summed E-state index contributed by atoms with van der Waals surface area (Å²) in [5.41, 5.74) is 8.30. The second kappa shape index (κ2) is 6.41. The summed E-state index contributed by atoms with van der Waals surface area (Å²) < 4.78 is 0.976. The van der Waals surface area contributed by atoms with Gasteiger partial charge in [-0.3, -0.25) is 9.59 Å². The summed E-state index contributed by atoms with van der Waals surface area (Å²) in [6.45, 7) is 1.79. The highest BCUT2D eigenvalue weighted by atomic mass is 79.9. The van der Waals surface area contributed by atoms with Gasteiger partial charge in [0.1, 0.15) is 0 Å². The number of carbonyl (C=O) groups is 2. The van der Waals surface area contributed by atoms with Crippen LogP contribution in [0.5, 0.6) is 0 Å². The summed E-state index contributed by atoms with van der Waals surface area (Å²) in [5.74, 6) is -0.716. The Hall–Kier alpha value is -2.73. The number of hydrogen-bond donors (Lipinski definition) is 1. The number of rotatable bonds is 3. The molecule has 2 aromatic carbocycles. The van der Waals surface area contributed by atoms with Crippen LogP contribution in [-0.4, -0.2) is 17.5 Å². The van der Waals surface area contributed by atoms with Crippen LogP contribution in [0.15, 0.2) is 63.7 Å². The van der Waals surface area contributed by atoms with Crippen molar-refractivity contribution in [3.05, 3.63) is 69.7 Å². The minimum Gasteiger partial charge on any atom is -0.366 e. The van der Waals surface area contributed by atoms with Crippen molar-refractivity contribution in [3.63, 3.8) is 0 Å². The van der Waals surface area contributed by atoms with E-state index in [-0.39, 0.29) is 5.91 Å². The highest BCUT2D eigenvalue weighted by Gasteiger charge is 2.28. The molecule has 0 saturated heterocycles. The molecule has 0 atom stereocenters. The van der Waals surface area contributed by atoms with Gasteiger partial charge in [0.25, 0.3) is 5.91 Å². The minimum absolute atomic E-state index is 0.206. The van der Waals surface area contributed by atoms with Crippen LogP contribution < -0.4 is 10.7 Å². The van der Waals surface area contributed by atoms with Crippen molar-refractivity contribution in [1.82, 2.24) is 0 Å². The molecule has 0 fully saturated rings. The van der Waals surface area contributed by atoms with E-state index >= 15 is 0 Å². The Bertz CT molecular complexity index is 868. The first-order valence-corrected chi connectivity index (χ1v) is 8.02. The quantitative estimate of drug-likeness (QED) is 0.824. The van der Waals surface area contributed by atoms with Gasteiger partial charge in [0.2, 0.25) is 5.91 Å². The summed E-state index contributed by atoms with van der Waals surface area (Å²) >= 11 is 3.39. The third kappa shape index (κ3) is 3.14. The molecule has 1 aliphatic rings. The molecule has 0 radical (unpaired) electrons. The predicted molar refractivity (Wildman–Crippen MR) is 97.7 cm³/mol. The van der Waals surface area contributed by atoms with E-state index in [2.05, 4.69) is 21.0 Å². The van der Waals surface area contributed by atoms with Crippen LogP contribution >= 0.6 is 15.9 Å². The molecule has 1 heterocycles. The lowest BCUT2D eigenvalue weighted by Gasteiger charge is -2.11. The molecule has 6 heteroatoms. The highest BCUT2D eigenvalue weighted by Crippen LogP contribution is 2.25. The Morgan fingerprint density at radius 2 is 1.75 bits per heavy atom. The molecular formula is C18H14BrN3O2. The molecule has 0 saturated carbocycles. The summed E-state index contributed by atoms with van der Waals surface area (Å²) in [7, 11) is 0. The third-order valence-corrected chi connectivity index (χ3v) is 4.17. The lowest BCUT2D eigenvalue weighted by molar-refractivity contribution is -0.114. The Morgan fingerprint density at radius 3 is 2.33 bits per heavy atom. The molecule has 1 aliphatic heterocycles. The van der Waals surface area contributed by atoms with Crippen LogP contribution in [0, 0.1) is 0 Å². The zero-order valence-corrected chi connectivity index (χ0v) is 14.4. The second-order valence-electron chi connectivity index (χ2n) is 5.32. The summed E-state index contributed by atoms with van der Waals surface area (Å²) in [6.07, 6.45) is 1.81. The van der Waals surface area contributed by atoms with Gasteiger partial charge in [0, 0.05) is 10.0 Å². The smallest absolute Gasteiger partial charge is 0.280 e. The van der Waals surface area contributed by atoms with Gasteiger partial charge in [0.15, 0.2) is 0 Å². The van der Waals surface area contributed by atoms with Crippen molar-refractivity contribution >= 4 is 45.2 Å². The van der Waals surface area contributed by atoms with Gasteiger partial charge >= 0.3 is 0 Å². The van der Waals surface area contributed by atoms with E-state index in [0.29, 0.717) is 22.5 Å². The van der Waals surface area contributed by atoms with Crippen molar-refractivity contribution in [2.45, 2.75) is 6.92 Å². The number of nitrogens with two attached hydrogens (primary N) is 1. The fourth-order valence-corrected chi connectivity index (χ4v) is 2.62. The zero-order chi connectivity index (χ0) is 17.3. The molecular weight excluding hydrogens is 370 g/mol. The van der Waals surface area contributed by atoms with Crippen LogP contribution in [0.25, 0.3) is 6.08 Å². The molecule has 0 aromatic heterocycles. The molecule has 2 N–H and O–H groups in total. The molecule has 24 heavy (non-hydrogen) atoms. The number of carbonyl (C=O) groups excluding carboxylic acids is 2. The van der Waals surface area contributed by atoms with Crippen molar-refractivity contribution in [1.29, 1.82) is 0 Å². The van der Waals surface area contributed by atoms with Gasteiger partial charge in [0.05, 0.1) is 17.0 Å². The number of halogens is 1. The fraction of sp³-hybridized carbons (Fsp3) is 0.0556.